The molecule has 0 aliphatic heterocycles. The molecule has 1 atom stereocenters. The standard InChI is InChI=1S/C17H23NO2/c1-4-10-18-17(14-9-11-19-12-14)15-7-5-6-8-16(15)20-13(2)3/h5-9,11-13,17-18H,4,10H2,1-3H3. The number of hydrogen-bond donors (Lipinski definition) is 1. The van der Waals surface area contributed by atoms with Gasteiger partial charge >= 0.3 is 0 Å². The molecule has 0 saturated carbocycles. The van der Waals surface area contributed by atoms with E-state index in [4.69, 9.17) is 9.15 Å². The summed E-state index contributed by atoms with van der Waals surface area (Å²) in [5.74, 6) is 0.928. The first-order valence-corrected chi connectivity index (χ1v) is 7.23. The number of nitrogens with one attached hydrogen (secondary N) is 1. The van der Waals surface area contributed by atoms with Crippen molar-refractivity contribution in [3.05, 3.63) is 54.0 Å². The summed E-state index contributed by atoms with van der Waals surface area (Å²) in [6, 6.07) is 10.3. The summed E-state index contributed by atoms with van der Waals surface area (Å²) < 4.78 is 11.2. The van der Waals surface area contributed by atoms with Gasteiger partial charge in [-0.1, -0.05) is 25.1 Å². The smallest absolute Gasteiger partial charge is 0.124 e. The molecule has 0 radical (unpaired) electrons. The second-order valence-corrected chi connectivity index (χ2v) is 5.15. The minimum Gasteiger partial charge on any atom is -0.491 e. The third-order valence-corrected chi connectivity index (χ3v) is 3.07. The maximum atomic E-state index is 5.93. The molecule has 0 spiro atoms. The van der Waals surface area contributed by atoms with E-state index in [0.717, 1.165) is 29.8 Å². The average molecular weight is 273 g/mol. The SMILES string of the molecule is CCCNC(c1ccoc1)c1ccccc1OC(C)C. The summed E-state index contributed by atoms with van der Waals surface area (Å²) >= 11 is 0. The highest BCUT2D eigenvalue weighted by molar-refractivity contribution is 5.41. The van der Waals surface area contributed by atoms with Crippen molar-refractivity contribution >= 4 is 0 Å². The summed E-state index contributed by atoms with van der Waals surface area (Å²) in [6.07, 6.45) is 4.75. The van der Waals surface area contributed by atoms with Gasteiger partial charge in [-0.15, -0.1) is 0 Å². The number of benzene rings is 1. The lowest BCUT2D eigenvalue weighted by molar-refractivity contribution is 0.238. The predicted octanol–water partition coefficient (Wildman–Crippen LogP) is 4.16. The molecule has 3 heteroatoms. The largest absolute Gasteiger partial charge is 0.491 e. The van der Waals surface area contributed by atoms with Crippen LogP contribution in [0.4, 0.5) is 0 Å². The highest BCUT2D eigenvalue weighted by Gasteiger charge is 2.19. The summed E-state index contributed by atoms with van der Waals surface area (Å²) in [6.45, 7) is 7.20. The monoisotopic (exact) mass is 273 g/mol. The van der Waals surface area contributed by atoms with Gasteiger partial charge in [-0.2, -0.15) is 0 Å². The van der Waals surface area contributed by atoms with Gasteiger partial charge in [0.05, 0.1) is 24.7 Å². The Kier molecular flexibility index (Phi) is 5.24. The van der Waals surface area contributed by atoms with Crippen molar-refractivity contribution in [2.24, 2.45) is 0 Å². The van der Waals surface area contributed by atoms with Crippen LogP contribution in [0.25, 0.3) is 0 Å². The van der Waals surface area contributed by atoms with E-state index in [2.05, 4.69) is 18.3 Å². The Bertz CT molecular complexity index is 505. The maximum absolute atomic E-state index is 5.93. The van der Waals surface area contributed by atoms with E-state index < -0.39 is 0 Å². The van der Waals surface area contributed by atoms with Crippen molar-refractivity contribution in [1.82, 2.24) is 5.32 Å². The van der Waals surface area contributed by atoms with E-state index >= 15 is 0 Å². The summed E-state index contributed by atoms with van der Waals surface area (Å²) in [5.41, 5.74) is 2.27. The van der Waals surface area contributed by atoms with Gasteiger partial charge in [0, 0.05) is 11.1 Å². The molecule has 2 rings (SSSR count). The first-order chi connectivity index (χ1) is 9.72. The van der Waals surface area contributed by atoms with Crippen LogP contribution in [0.5, 0.6) is 5.75 Å². The molecule has 2 aromatic rings. The molecule has 0 saturated heterocycles. The zero-order valence-corrected chi connectivity index (χ0v) is 12.4. The van der Waals surface area contributed by atoms with Crippen molar-refractivity contribution in [2.45, 2.75) is 39.3 Å². The zero-order valence-electron chi connectivity index (χ0n) is 12.4. The van der Waals surface area contributed by atoms with Gasteiger partial charge < -0.3 is 14.5 Å². The Hall–Kier alpha value is -1.74. The number of hydrogen-bond acceptors (Lipinski definition) is 3. The van der Waals surface area contributed by atoms with Crippen LogP contribution in [-0.4, -0.2) is 12.6 Å². The number of ether oxygens (including phenoxy) is 1. The Morgan fingerprint density at radius 2 is 2.00 bits per heavy atom. The molecule has 0 amide bonds. The third kappa shape index (κ3) is 3.64. The van der Waals surface area contributed by atoms with Gasteiger partial charge in [0.2, 0.25) is 0 Å². The molecule has 1 aromatic heterocycles. The molecular formula is C17H23NO2. The van der Waals surface area contributed by atoms with Crippen molar-refractivity contribution < 1.29 is 9.15 Å². The zero-order chi connectivity index (χ0) is 14.4. The molecule has 108 valence electrons. The lowest BCUT2D eigenvalue weighted by Crippen LogP contribution is -2.23. The van der Waals surface area contributed by atoms with Crippen molar-refractivity contribution in [3.63, 3.8) is 0 Å². The van der Waals surface area contributed by atoms with Crippen LogP contribution in [0.2, 0.25) is 0 Å². The van der Waals surface area contributed by atoms with Gasteiger partial charge in [0.15, 0.2) is 0 Å². The van der Waals surface area contributed by atoms with Gasteiger partial charge in [-0.3, -0.25) is 0 Å². The van der Waals surface area contributed by atoms with Crippen molar-refractivity contribution in [3.8, 4) is 5.75 Å². The van der Waals surface area contributed by atoms with Crippen LogP contribution in [-0.2, 0) is 0 Å². The molecule has 0 fully saturated rings. The normalized spacial score (nSPS) is 12.6. The van der Waals surface area contributed by atoms with Crippen LogP contribution in [0.3, 0.4) is 0 Å². The van der Waals surface area contributed by atoms with E-state index in [1.165, 1.54) is 0 Å². The fourth-order valence-corrected chi connectivity index (χ4v) is 2.22. The van der Waals surface area contributed by atoms with Gasteiger partial charge in [0.25, 0.3) is 0 Å². The van der Waals surface area contributed by atoms with E-state index in [1.807, 2.05) is 38.1 Å². The molecule has 0 bridgehead atoms. The second kappa shape index (κ2) is 7.15. The molecule has 1 aromatic carbocycles. The summed E-state index contributed by atoms with van der Waals surface area (Å²) in [7, 11) is 0. The van der Waals surface area contributed by atoms with E-state index in [-0.39, 0.29) is 12.1 Å². The van der Waals surface area contributed by atoms with Gasteiger partial charge in [-0.25, -0.2) is 0 Å². The minimum atomic E-state index is 0.101. The highest BCUT2D eigenvalue weighted by atomic mass is 16.5. The van der Waals surface area contributed by atoms with Crippen LogP contribution < -0.4 is 10.1 Å². The lowest BCUT2D eigenvalue weighted by atomic mass is 10.00. The molecule has 1 N–H and O–H groups in total. The molecule has 3 nitrogen and oxygen atoms in total. The predicted molar refractivity (Wildman–Crippen MR) is 81.1 cm³/mol. The molecular weight excluding hydrogens is 250 g/mol. The molecule has 1 heterocycles. The third-order valence-electron chi connectivity index (χ3n) is 3.07. The fraction of sp³-hybridized carbons (Fsp3) is 0.412. The molecule has 20 heavy (non-hydrogen) atoms. The van der Waals surface area contributed by atoms with Crippen molar-refractivity contribution in [2.75, 3.05) is 6.54 Å². The number of furan rings is 1. The fourth-order valence-electron chi connectivity index (χ4n) is 2.22. The highest BCUT2D eigenvalue weighted by Crippen LogP contribution is 2.30. The molecule has 0 aliphatic carbocycles. The van der Waals surface area contributed by atoms with Crippen LogP contribution in [0, 0.1) is 0 Å². The Labute approximate surface area is 121 Å². The van der Waals surface area contributed by atoms with Gasteiger partial charge in [-0.05, 0) is 38.9 Å². The van der Waals surface area contributed by atoms with Gasteiger partial charge in [0.1, 0.15) is 5.75 Å². The van der Waals surface area contributed by atoms with Crippen LogP contribution in [0.1, 0.15) is 44.4 Å². The van der Waals surface area contributed by atoms with E-state index in [1.54, 1.807) is 12.5 Å². The Morgan fingerprint density at radius 3 is 2.65 bits per heavy atom. The van der Waals surface area contributed by atoms with E-state index in [9.17, 15) is 0 Å². The Balaban J connectivity index is 2.33. The minimum absolute atomic E-state index is 0.101. The lowest BCUT2D eigenvalue weighted by Gasteiger charge is -2.22. The van der Waals surface area contributed by atoms with Crippen LogP contribution in [0.15, 0.2) is 47.3 Å². The van der Waals surface area contributed by atoms with Crippen LogP contribution >= 0.6 is 0 Å². The van der Waals surface area contributed by atoms with Crippen molar-refractivity contribution in [1.29, 1.82) is 0 Å². The number of rotatable bonds is 7. The molecule has 0 aliphatic rings. The summed E-state index contributed by atoms with van der Waals surface area (Å²) in [4.78, 5) is 0. The van der Waals surface area contributed by atoms with E-state index in [0.29, 0.717) is 0 Å². The maximum Gasteiger partial charge on any atom is 0.124 e. The summed E-state index contributed by atoms with van der Waals surface area (Å²) in [5, 5.41) is 3.56. The quantitative estimate of drug-likeness (QED) is 0.822. The second-order valence-electron chi connectivity index (χ2n) is 5.15. The molecule has 1 unspecified atom stereocenters. The average Bonchev–Trinajstić information content (AvgIpc) is 2.94. The number of para-hydroxylation sites is 1. The first-order valence-electron chi connectivity index (χ1n) is 7.23. The topological polar surface area (TPSA) is 34.4 Å². The first kappa shape index (κ1) is 14.7. The Morgan fingerprint density at radius 1 is 1.20 bits per heavy atom.